The largest absolute Gasteiger partial charge is 0.486 e. The summed E-state index contributed by atoms with van der Waals surface area (Å²) in [6.45, 7) is 5.92. The first-order chi connectivity index (χ1) is 16.2. The molecule has 0 bridgehead atoms. The molecule has 0 aliphatic carbocycles. The van der Waals surface area contributed by atoms with E-state index in [0.717, 1.165) is 16.5 Å². The highest BCUT2D eigenvalue weighted by Gasteiger charge is 2.28. The molecule has 8 nitrogen and oxygen atoms in total. The number of hydrogen-bond acceptors (Lipinski definition) is 5. The van der Waals surface area contributed by atoms with Crippen LogP contribution in [0.15, 0.2) is 54.7 Å². The number of nitrogens with one attached hydrogen (secondary N) is 2. The van der Waals surface area contributed by atoms with Gasteiger partial charge in [-0.2, -0.15) is 0 Å². The zero-order valence-corrected chi connectivity index (χ0v) is 20.0. The maximum Gasteiger partial charge on any atom is 0.408 e. The zero-order chi connectivity index (χ0) is 24.3. The van der Waals surface area contributed by atoms with Crippen molar-refractivity contribution in [1.82, 2.24) is 15.2 Å². The summed E-state index contributed by atoms with van der Waals surface area (Å²) in [5, 5.41) is 6.69. The Morgan fingerprint density at radius 3 is 2.59 bits per heavy atom. The highest BCUT2D eigenvalue weighted by atomic mass is 16.6. The summed E-state index contributed by atoms with van der Waals surface area (Å²) in [6, 6.07) is 14.6. The molecule has 2 aromatic carbocycles. The van der Waals surface area contributed by atoms with Crippen molar-refractivity contribution in [3.8, 4) is 11.5 Å². The molecule has 180 valence electrons. The quantitative estimate of drug-likeness (QED) is 0.581. The molecular weight excluding hydrogens is 434 g/mol. The van der Waals surface area contributed by atoms with Gasteiger partial charge < -0.3 is 29.4 Å². The minimum Gasteiger partial charge on any atom is -0.486 e. The van der Waals surface area contributed by atoms with Gasteiger partial charge in [0.1, 0.15) is 24.4 Å². The second-order valence-electron chi connectivity index (χ2n) is 9.43. The first kappa shape index (κ1) is 23.5. The Morgan fingerprint density at radius 1 is 1.12 bits per heavy atom. The van der Waals surface area contributed by atoms with Crippen LogP contribution >= 0.6 is 0 Å². The number of aromatic nitrogens is 1. The Morgan fingerprint density at radius 2 is 1.82 bits per heavy atom. The molecule has 0 fully saturated rings. The summed E-state index contributed by atoms with van der Waals surface area (Å²) in [5.41, 5.74) is 1.34. The summed E-state index contributed by atoms with van der Waals surface area (Å²) < 4.78 is 19.1. The second-order valence-corrected chi connectivity index (χ2v) is 9.43. The molecule has 0 saturated heterocycles. The van der Waals surface area contributed by atoms with E-state index in [2.05, 4.69) is 10.6 Å². The minimum absolute atomic E-state index is 0.245. The number of hydrogen-bond donors (Lipinski definition) is 2. The van der Waals surface area contributed by atoms with Crippen LogP contribution in [0, 0.1) is 0 Å². The van der Waals surface area contributed by atoms with Crippen LogP contribution in [0.5, 0.6) is 11.5 Å². The van der Waals surface area contributed by atoms with E-state index in [4.69, 9.17) is 14.2 Å². The molecular formula is C26H31N3O5. The van der Waals surface area contributed by atoms with E-state index in [0.29, 0.717) is 24.5 Å². The molecule has 8 heteroatoms. The summed E-state index contributed by atoms with van der Waals surface area (Å²) in [5.74, 6) is 1.01. The predicted molar refractivity (Wildman–Crippen MR) is 129 cm³/mol. The van der Waals surface area contributed by atoms with Crippen molar-refractivity contribution in [2.24, 2.45) is 7.05 Å². The van der Waals surface area contributed by atoms with E-state index in [1.54, 1.807) is 20.8 Å². The second kappa shape index (κ2) is 9.67. The van der Waals surface area contributed by atoms with Gasteiger partial charge in [0, 0.05) is 30.6 Å². The molecule has 4 rings (SSSR count). The highest BCUT2D eigenvalue weighted by molar-refractivity contribution is 5.88. The highest BCUT2D eigenvalue weighted by Crippen LogP contribution is 2.30. The smallest absolute Gasteiger partial charge is 0.408 e. The third kappa shape index (κ3) is 5.62. The SMILES string of the molecule is Cn1cc(CC(NC(=O)OC(C)(C)C)C(=O)NCC2COc3ccccc3O2)c2ccccc21. The van der Waals surface area contributed by atoms with Crippen LogP contribution in [-0.4, -0.2) is 47.5 Å². The molecule has 2 unspecified atom stereocenters. The van der Waals surface area contributed by atoms with Gasteiger partial charge in [-0.3, -0.25) is 4.79 Å². The van der Waals surface area contributed by atoms with E-state index in [-0.39, 0.29) is 18.6 Å². The van der Waals surface area contributed by atoms with Gasteiger partial charge in [-0.05, 0) is 44.5 Å². The maximum atomic E-state index is 13.2. The molecule has 3 aromatic rings. The van der Waals surface area contributed by atoms with Crippen molar-refractivity contribution >= 4 is 22.9 Å². The average Bonchev–Trinajstić information content (AvgIpc) is 3.11. The van der Waals surface area contributed by atoms with Crippen molar-refractivity contribution in [1.29, 1.82) is 0 Å². The number of aryl methyl sites for hydroxylation is 1. The maximum absolute atomic E-state index is 13.2. The Hall–Kier alpha value is -3.68. The lowest BCUT2D eigenvalue weighted by molar-refractivity contribution is -0.123. The first-order valence-corrected chi connectivity index (χ1v) is 11.4. The van der Waals surface area contributed by atoms with Crippen molar-refractivity contribution < 1.29 is 23.8 Å². The zero-order valence-electron chi connectivity index (χ0n) is 20.0. The standard InChI is InChI=1S/C26H31N3O5/c1-26(2,3)34-25(31)28-20(13-17-15-29(4)21-10-6-5-9-19(17)21)24(30)27-14-18-16-32-22-11-7-8-12-23(22)33-18/h5-12,15,18,20H,13-14,16H2,1-4H3,(H,27,30)(H,28,31). The normalized spacial score (nSPS) is 16.1. The number of rotatable bonds is 6. The van der Waals surface area contributed by atoms with Gasteiger partial charge in [0.15, 0.2) is 11.5 Å². The lowest BCUT2D eigenvalue weighted by Gasteiger charge is -2.27. The van der Waals surface area contributed by atoms with Crippen LogP contribution in [0.3, 0.4) is 0 Å². The molecule has 0 spiro atoms. The number of para-hydroxylation sites is 3. The fraction of sp³-hybridized carbons (Fsp3) is 0.385. The molecule has 1 aliphatic rings. The van der Waals surface area contributed by atoms with Gasteiger partial charge in [0.05, 0.1) is 6.54 Å². The predicted octanol–water partition coefficient (Wildman–Crippen LogP) is 3.57. The lowest BCUT2D eigenvalue weighted by Crippen LogP contribution is -2.51. The monoisotopic (exact) mass is 465 g/mol. The molecule has 2 amide bonds. The van der Waals surface area contributed by atoms with Crippen LogP contribution < -0.4 is 20.1 Å². The van der Waals surface area contributed by atoms with Gasteiger partial charge in [0.25, 0.3) is 0 Å². The van der Waals surface area contributed by atoms with E-state index >= 15 is 0 Å². The molecule has 34 heavy (non-hydrogen) atoms. The van der Waals surface area contributed by atoms with Gasteiger partial charge in [0.2, 0.25) is 5.91 Å². The van der Waals surface area contributed by atoms with Crippen molar-refractivity contribution in [3.63, 3.8) is 0 Å². The minimum atomic E-state index is -0.822. The number of ether oxygens (including phenoxy) is 3. The summed E-state index contributed by atoms with van der Waals surface area (Å²) >= 11 is 0. The van der Waals surface area contributed by atoms with Crippen LogP contribution in [0.25, 0.3) is 10.9 Å². The number of carbonyl (C=O) groups is 2. The summed E-state index contributed by atoms with van der Waals surface area (Å²) in [6.07, 6.45) is 1.33. The van der Waals surface area contributed by atoms with E-state index in [1.165, 1.54) is 0 Å². The first-order valence-electron chi connectivity index (χ1n) is 11.4. The molecule has 1 aromatic heterocycles. The van der Waals surface area contributed by atoms with E-state index in [1.807, 2.05) is 66.3 Å². The third-order valence-corrected chi connectivity index (χ3v) is 5.48. The van der Waals surface area contributed by atoms with Gasteiger partial charge in [-0.1, -0.05) is 30.3 Å². The number of nitrogens with zero attached hydrogens (tertiary/aromatic N) is 1. The molecule has 0 radical (unpaired) electrons. The van der Waals surface area contributed by atoms with Gasteiger partial charge in [-0.15, -0.1) is 0 Å². The third-order valence-electron chi connectivity index (χ3n) is 5.48. The number of fused-ring (bicyclic) bond motifs is 2. The summed E-state index contributed by atoms with van der Waals surface area (Å²) in [7, 11) is 1.96. The van der Waals surface area contributed by atoms with Crippen molar-refractivity contribution in [2.45, 2.75) is 44.9 Å². The fourth-order valence-electron chi connectivity index (χ4n) is 3.97. The molecule has 1 aliphatic heterocycles. The Balaban J connectivity index is 1.46. The molecule has 2 N–H and O–H groups in total. The Bertz CT molecular complexity index is 1180. The molecule has 2 heterocycles. The average molecular weight is 466 g/mol. The van der Waals surface area contributed by atoms with Crippen LogP contribution in [0.2, 0.25) is 0 Å². The Kier molecular flexibility index (Phi) is 6.68. The van der Waals surface area contributed by atoms with E-state index < -0.39 is 17.7 Å². The van der Waals surface area contributed by atoms with Crippen LogP contribution in [0.1, 0.15) is 26.3 Å². The number of carbonyl (C=O) groups excluding carboxylic acids is 2. The van der Waals surface area contributed by atoms with E-state index in [9.17, 15) is 9.59 Å². The van der Waals surface area contributed by atoms with Gasteiger partial charge in [-0.25, -0.2) is 4.79 Å². The number of benzene rings is 2. The molecule has 0 saturated carbocycles. The number of amides is 2. The van der Waals surface area contributed by atoms with Crippen molar-refractivity contribution in [3.05, 3.63) is 60.3 Å². The van der Waals surface area contributed by atoms with Crippen LogP contribution in [-0.2, 0) is 23.0 Å². The molecule has 2 atom stereocenters. The Labute approximate surface area is 199 Å². The topological polar surface area (TPSA) is 90.8 Å². The van der Waals surface area contributed by atoms with Gasteiger partial charge >= 0.3 is 6.09 Å². The summed E-state index contributed by atoms with van der Waals surface area (Å²) in [4.78, 5) is 25.7. The van der Waals surface area contributed by atoms with Crippen molar-refractivity contribution in [2.75, 3.05) is 13.2 Å². The van der Waals surface area contributed by atoms with Crippen LogP contribution in [0.4, 0.5) is 4.79 Å². The fourth-order valence-corrected chi connectivity index (χ4v) is 3.97. The lowest BCUT2D eigenvalue weighted by atomic mass is 10.0. The number of alkyl carbamates (subject to hydrolysis) is 1.